The molecule has 2 aromatic rings. The van der Waals surface area contributed by atoms with Gasteiger partial charge in [-0.05, 0) is 18.6 Å². The summed E-state index contributed by atoms with van der Waals surface area (Å²) in [7, 11) is 0. The summed E-state index contributed by atoms with van der Waals surface area (Å²) in [5.41, 5.74) is 0.903. The third-order valence-corrected chi connectivity index (χ3v) is 3.40. The SMILES string of the molecule is CCCCCNc1cc(Nc2ccc3c(c2)OCO3)ncn1. The van der Waals surface area contributed by atoms with Crippen molar-refractivity contribution in [2.24, 2.45) is 0 Å². The molecule has 0 spiro atoms. The average molecular weight is 300 g/mol. The maximum Gasteiger partial charge on any atom is 0.231 e. The fourth-order valence-corrected chi connectivity index (χ4v) is 2.24. The van der Waals surface area contributed by atoms with Gasteiger partial charge < -0.3 is 20.1 Å². The fourth-order valence-electron chi connectivity index (χ4n) is 2.24. The van der Waals surface area contributed by atoms with Gasteiger partial charge in [0.05, 0.1) is 0 Å². The Balaban J connectivity index is 1.62. The Kier molecular flexibility index (Phi) is 4.58. The Hall–Kier alpha value is -2.50. The van der Waals surface area contributed by atoms with Crippen molar-refractivity contribution in [1.29, 1.82) is 0 Å². The molecule has 0 amide bonds. The van der Waals surface area contributed by atoms with Crippen molar-refractivity contribution in [3.8, 4) is 11.5 Å². The molecule has 0 unspecified atom stereocenters. The highest BCUT2D eigenvalue weighted by Crippen LogP contribution is 2.34. The van der Waals surface area contributed by atoms with E-state index in [1.54, 1.807) is 6.33 Å². The summed E-state index contributed by atoms with van der Waals surface area (Å²) < 4.78 is 10.7. The van der Waals surface area contributed by atoms with Crippen molar-refractivity contribution in [2.75, 3.05) is 24.0 Å². The molecule has 2 N–H and O–H groups in total. The van der Waals surface area contributed by atoms with Crippen molar-refractivity contribution < 1.29 is 9.47 Å². The standard InChI is InChI=1S/C16H20N4O2/c1-2-3-4-7-17-15-9-16(19-10-18-15)20-12-5-6-13-14(8-12)22-11-21-13/h5-6,8-10H,2-4,7,11H2,1H3,(H2,17,18,19,20). The van der Waals surface area contributed by atoms with Crippen molar-refractivity contribution in [3.05, 3.63) is 30.6 Å². The van der Waals surface area contributed by atoms with Crippen LogP contribution in [0.1, 0.15) is 26.2 Å². The number of unbranched alkanes of at least 4 members (excludes halogenated alkanes) is 2. The number of rotatable bonds is 7. The maximum atomic E-state index is 5.37. The highest BCUT2D eigenvalue weighted by atomic mass is 16.7. The van der Waals surface area contributed by atoms with E-state index < -0.39 is 0 Å². The number of fused-ring (bicyclic) bond motifs is 1. The molecule has 6 nitrogen and oxygen atoms in total. The molecular formula is C16H20N4O2. The highest BCUT2D eigenvalue weighted by molar-refractivity contribution is 5.63. The van der Waals surface area contributed by atoms with E-state index in [0.717, 1.165) is 41.8 Å². The minimum Gasteiger partial charge on any atom is -0.454 e. The molecule has 0 fully saturated rings. The first kappa shape index (κ1) is 14.4. The number of hydrogen-bond acceptors (Lipinski definition) is 6. The van der Waals surface area contributed by atoms with Crippen molar-refractivity contribution in [1.82, 2.24) is 9.97 Å². The zero-order chi connectivity index (χ0) is 15.2. The van der Waals surface area contributed by atoms with E-state index in [-0.39, 0.29) is 6.79 Å². The van der Waals surface area contributed by atoms with Gasteiger partial charge in [-0.15, -0.1) is 0 Å². The zero-order valence-corrected chi connectivity index (χ0v) is 12.6. The largest absolute Gasteiger partial charge is 0.454 e. The summed E-state index contributed by atoms with van der Waals surface area (Å²) in [6, 6.07) is 7.62. The maximum absolute atomic E-state index is 5.37. The Labute approximate surface area is 129 Å². The quantitative estimate of drug-likeness (QED) is 0.762. The normalized spacial score (nSPS) is 12.2. The predicted octanol–water partition coefficient (Wildman–Crippen LogP) is 3.55. The molecule has 3 rings (SSSR count). The smallest absolute Gasteiger partial charge is 0.231 e. The van der Waals surface area contributed by atoms with Gasteiger partial charge in [0.1, 0.15) is 18.0 Å². The summed E-state index contributed by atoms with van der Waals surface area (Å²) in [6.45, 7) is 3.39. The summed E-state index contributed by atoms with van der Waals surface area (Å²) >= 11 is 0. The minimum atomic E-state index is 0.276. The molecule has 0 radical (unpaired) electrons. The number of nitrogens with zero attached hydrogens (tertiary/aromatic N) is 2. The van der Waals surface area contributed by atoms with Crippen LogP contribution in [-0.2, 0) is 0 Å². The van der Waals surface area contributed by atoms with Crippen LogP contribution in [-0.4, -0.2) is 23.3 Å². The van der Waals surface area contributed by atoms with E-state index in [4.69, 9.17) is 9.47 Å². The van der Waals surface area contributed by atoms with Gasteiger partial charge >= 0.3 is 0 Å². The Morgan fingerprint density at radius 3 is 2.82 bits per heavy atom. The molecule has 1 aliphatic rings. The molecule has 0 saturated carbocycles. The first-order valence-corrected chi connectivity index (χ1v) is 7.58. The monoisotopic (exact) mass is 300 g/mol. The van der Waals surface area contributed by atoms with Crippen molar-refractivity contribution in [2.45, 2.75) is 26.2 Å². The van der Waals surface area contributed by atoms with Crippen LogP contribution in [0.2, 0.25) is 0 Å². The van der Waals surface area contributed by atoms with Crippen molar-refractivity contribution in [3.63, 3.8) is 0 Å². The molecule has 1 aromatic heterocycles. The van der Waals surface area contributed by atoms with Crippen LogP contribution in [0.15, 0.2) is 30.6 Å². The molecule has 2 heterocycles. The molecular weight excluding hydrogens is 280 g/mol. The van der Waals surface area contributed by atoms with E-state index in [2.05, 4.69) is 27.5 Å². The highest BCUT2D eigenvalue weighted by Gasteiger charge is 2.13. The van der Waals surface area contributed by atoms with Crippen LogP contribution >= 0.6 is 0 Å². The first-order valence-electron chi connectivity index (χ1n) is 7.58. The topological polar surface area (TPSA) is 68.3 Å². The summed E-state index contributed by atoms with van der Waals surface area (Å²) in [5.74, 6) is 3.09. The molecule has 0 saturated heterocycles. The van der Waals surface area contributed by atoms with Gasteiger partial charge in [-0.3, -0.25) is 0 Å². The Bertz CT molecular complexity index is 633. The minimum absolute atomic E-state index is 0.276. The van der Waals surface area contributed by atoms with Gasteiger partial charge in [0.2, 0.25) is 6.79 Å². The molecule has 0 aliphatic carbocycles. The van der Waals surface area contributed by atoms with Crippen LogP contribution in [0.3, 0.4) is 0 Å². The van der Waals surface area contributed by atoms with Crippen LogP contribution < -0.4 is 20.1 Å². The van der Waals surface area contributed by atoms with Gasteiger partial charge in [-0.1, -0.05) is 19.8 Å². The predicted molar refractivity (Wildman–Crippen MR) is 85.9 cm³/mol. The third kappa shape index (κ3) is 3.58. The molecule has 0 bridgehead atoms. The van der Waals surface area contributed by atoms with Gasteiger partial charge in [-0.2, -0.15) is 0 Å². The lowest BCUT2D eigenvalue weighted by Gasteiger charge is -2.09. The molecule has 6 heteroatoms. The fraction of sp³-hybridized carbons (Fsp3) is 0.375. The van der Waals surface area contributed by atoms with Gasteiger partial charge in [0.25, 0.3) is 0 Å². The van der Waals surface area contributed by atoms with Gasteiger partial charge in [-0.25, -0.2) is 9.97 Å². The second-order valence-corrected chi connectivity index (χ2v) is 5.12. The van der Waals surface area contributed by atoms with Crippen LogP contribution in [0, 0.1) is 0 Å². The molecule has 22 heavy (non-hydrogen) atoms. The molecule has 1 aromatic carbocycles. The Morgan fingerprint density at radius 1 is 1.05 bits per heavy atom. The Morgan fingerprint density at radius 2 is 1.91 bits per heavy atom. The number of nitrogens with one attached hydrogen (secondary N) is 2. The van der Waals surface area contributed by atoms with E-state index in [1.807, 2.05) is 24.3 Å². The van der Waals surface area contributed by atoms with Crippen LogP contribution in [0.4, 0.5) is 17.3 Å². The third-order valence-electron chi connectivity index (χ3n) is 3.40. The van der Waals surface area contributed by atoms with Crippen LogP contribution in [0.5, 0.6) is 11.5 Å². The van der Waals surface area contributed by atoms with E-state index >= 15 is 0 Å². The lowest BCUT2D eigenvalue weighted by molar-refractivity contribution is 0.174. The number of hydrogen-bond donors (Lipinski definition) is 2. The second-order valence-electron chi connectivity index (χ2n) is 5.12. The number of benzene rings is 1. The van der Waals surface area contributed by atoms with Crippen LogP contribution in [0.25, 0.3) is 0 Å². The zero-order valence-electron chi connectivity index (χ0n) is 12.6. The van der Waals surface area contributed by atoms with E-state index in [1.165, 1.54) is 12.8 Å². The summed E-state index contributed by atoms with van der Waals surface area (Å²) in [4.78, 5) is 8.47. The molecule has 116 valence electrons. The number of ether oxygens (including phenoxy) is 2. The molecule has 0 atom stereocenters. The lowest BCUT2D eigenvalue weighted by Crippen LogP contribution is -2.04. The second kappa shape index (κ2) is 6.98. The summed E-state index contributed by atoms with van der Waals surface area (Å²) in [6.07, 6.45) is 5.13. The van der Waals surface area contributed by atoms with E-state index in [9.17, 15) is 0 Å². The summed E-state index contributed by atoms with van der Waals surface area (Å²) in [5, 5.41) is 6.56. The number of anilines is 3. The molecule has 1 aliphatic heterocycles. The van der Waals surface area contributed by atoms with Gasteiger partial charge in [0.15, 0.2) is 11.5 Å². The first-order chi connectivity index (χ1) is 10.8. The lowest BCUT2D eigenvalue weighted by atomic mass is 10.2. The number of aromatic nitrogens is 2. The van der Waals surface area contributed by atoms with Gasteiger partial charge in [0, 0.05) is 24.4 Å². The van der Waals surface area contributed by atoms with Crippen molar-refractivity contribution >= 4 is 17.3 Å². The van der Waals surface area contributed by atoms with E-state index in [0.29, 0.717) is 0 Å². The average Bonchev–Trinajstić information content (AvgIpc) is 3.00.